The summed E-state index contributed by atoms with van der Waals surface area (Å²) in [6.07, 6.45) is 8.17. The molecular formula is C15H26N2OS. The Bertz CT molecular complexity index is 361. The number of amidine groups is 1. The van der Waals surface area contributed by atoms with Crippen molar-refractivity contribution in [2.75, 3.05) is 6.54 Å². The quantitative estimate of drug-likeness (QED) is 0.856. The van der Waals surface area contributed by atoms with E-state index in [2.05, 4.69) is 24.2 Å². The lowest BCUT2D eigenvalue weighted by Gasteiger charge is -2.24. The lowest BCUT2D eigenvalue weighted by molar-refractivity contribution is -0.120. The molecule has 19 heavy (non-hydrogen) atoms. The Morgan fingerprint density at radius 2 is 2.05 bits per heavy atom. The van der Waals surface area contributed by atoms with E-state index in [1.54, 1.807) is 11.8 Å². The second-order valence-electron chi connectivity index (χ2n) is 6.31. The van der Waals surface area contributed by atoms with Crippen molar-refractivity contribution >= 4 is 22.8 Å². The van der Waals surface area contributed by atoms with Crippen molar-refractivity contribution in [2.24, 2.45) is 16.8 Å². The fourth-order valence-electron chi connectivity index (χ4n) is 2.77. The molecule has 1 N–H and O–H groups in total. The summed E-state index contributed by atoms with van der Waals surface area (Å²) in [5, 5.41) is 4.19. The van der Waals surface area contributed by atoms with Crippen LogP contribution in [0.4, 0.5) is 0 Å². The van der Waals surface area contributed by atoms with Crippen LogP contribution in [0.5, 0.6) is 0 Å². The van der Waals surface area contributed by atoms with Crippen molar-refractivity contribution in [3.63, 3.8) is 0 Å². The number of amides is 1. The van der Waals surface area contributed by atoms with Gasteiger partial charge in [0.1, 0.15) is 4.75 Å². The Balaban J connectivity index is 1.75. The molecule has 1 aliphatic heterocycles. The Morgan fingerprint density at radius 3 is 2.63 bits per heavy atom. The Labute approximate surface area is 121 Å². The standard InChI is InChI=1S/C15H26N2OS/c1-11(2)15(3)13(18)17-14(19-15)16-10-9-12-7-5-4-6-8-12/h11-12H,4-10H2,1-3H3,(H,16,17,18)/t15-/m0/s1. The zero-order chi connectivity index (χ0) is 13.9. The molecule has 2 aliphatic rings. The first-order valence-electron chi connectivity index (χ1n) is 7.58. The van der Waals surface area contributed by atoms with Crippen LogP contribution in [-0.2, 0) is 4.79 Å². The fourth-order valence-corrected chi connectivity index (χ4v) is 3.84. The molecule has 2 rings (SSSR count). The third-order valence-electron chi connectivity index (χ3n) is 4.59. The summed E-state index contributed by atoms with van der Waals surface area (Å²) in [7, 11) is 0. The average Bonchev–Trinajstić information content (AvgIpc) is 2.67. The molecule has 1 saturated carbocycles. The number of carbonyl (C=O) groups is 1. The largest absolute Gasteiger partial charge is 0.364 e. The maximum Gasteiger partial charge on any atom is 0.264 e. The highest BCUT2D eigenvalue weighted by Gasteiger charge is 2.43. The first kappa shape index (κ1) is 14.9. The van der Waals surface area contributed by atoms with Gasteiger partial charge in [-0.05, 0) is 25.2 Å². The van der Waals surface area contributed by atoms with Crippen LogP contribution in [0.1, 0.15) is 59.3 Å². The van der Waals surface area contributed by atoms with Gasteiger partial charge < -0.3 is 5.32 Å². The monoisotopic (exact) mass is 282 g/mol. The van der Waals surface area contributed by atoms with Gasteiger partial charge in [-0.15, -0.1) is 0 Å². The van der Waals surface area contributed by atoms with Gasteiger partial charge in [-0.25, -0.2) is 0 Å². The maximum absolute atomic E-state index is 12.0. The average molecular weight is 282 g/mol. The summed E-state index contributed by atoms with van der Waals surface area (Å²) in [6, 6.07) is 0. The summed E-state index contributed by atoms with van der Waals surface area (Å²) in [5.74, 6) is 1.21. The van der Waals surface area contributed by atoms with Crippen molar-refractivity contribution in [3.8, 4) is 0 Å². The van der Waals surface area contributed by atoms with Gasteiger partial charge in [-0.2, -0.15) is 4.99 Å². The highest BCUT2D eigenvalue weighted by atomic mass is 32.2. The van der Waals surface area contributed by atoms with Gasteiger partial charge in [0.15, 0.2) is 5.17 Å². The Kier molecular flexibility index (Phi) is 4.93. The van der Waals surface area contributed by atoms with Crippen LogP contribution >= 0.6 is 11.8 Å². The van der Waals surface area contributed by atoms with Crippen LogP contribution in [0, 0.1) is 11.8 Å². The van der Waals surface area contributed by atoms with Crippen LogP contribution in [0.25, 0.3) is 0 Å². The zero-order valence-corrected chi connectivity index (χ0v) is 13.2. The van der Waals surface area contributed by atoms with Crippen LogP contribution in [-0.4, -0.2) is 22.4 Å². The molecule has 1 aliphatic carbocycles. The van der Waals surface area contributed by atoms with Crippen LogP contribution in [0.2, 0.25) is 0 Å². The highest BCUT2D eigenvalue weighted by molar-refractivity contribution is 8.16. The normalized spacial score (nSPS) is 28.8. The lowest BCUT2D eigenvalue weighted by atomic mass is 9.87. The summed E-state index contributed by atoms with van der Waals surface area (Å²) >= 11 is 1.61. The number of nitrogens with one attached hydrogen (secondary N) is 1. The number of hydrogen-bond acceptors (Lipinski definition) is 3. The lowest BCUT2D eigenvalue weighted by Crippen LogP contribution is -2.34. The molecule has 0 aromatic rings. The van der Waals surface area contributed by atoms with E-state index in [0.29, 0.717) is 5.92 Å². The minimum absolute atomic E-state index is 0.0210. The third kappa shape index (κ3) is 3.53. The van der Waals surface area contributed by atoms with E-state index in [1.165, 1.54) is 38.5 Å². The predicted molar refractivity (Wildman–Crippen MR) is 82.5 cm³/mol. The maximum atomic E-state index is 12.0. The molecule has 0 radical (unpaired) electrons. The van der Waals surface area contributed by atoms with E-state index in [4.69, 9.17) is 0 Å². The summed E-state index contributed by atoms with van der Waals surface area (Å²) < 4.78 is -0.368. The zero-order valence-electron chi connectivity index (χ0n) is 12.4. The third-order valence-corrected chi connectivity index (χ3v) is 6.09. The Hall–Kier alpha value is -0.510. The summed E-state index contributed by atoms with van der Waals surface area (Å²) in [6.45, 7) is 7.14. The van der Waals surface area contributed by atoms with Crippen molar-refractivity contribution < 1.29 is 4.79 Å². The predicted octanol–water partition coefficient (Wildman–Crippen LogP) is 3.59. The molecule has 3 nitrogen and oxygen atoms in total. The number of carbonyl (C=O) groups excluding carboxylic acids is 1. The molecule has 0 unspecified atom stereocenters. The second kappa shape index (κ2) is 6.29. The molecule has 0 saturated heterocycles. The Morgan fingerprint density at radius 1 is 1.37 bits per heavy atom. The molecule has 1 atom stereocenters. The summed E-state index contributed by atoms with van der Waals surface area (Å²) in [5.41, 5.74) is 0. The molecule has 0 bridgehead atoms. The SMILES string of the molecule is CC(C)[C@]1(C)SC(NCCC2CCCCC2)=NC1=O. The van der Waals surface area contributed by atoms with E-state index in [-0.39, 0.29) is 10.7 Å². The van der Waals surface area contributed by atoms with E-state index < -0.39 is 0 Å². The van der Waals surface area contributed by atoms with Crippen LogP contribution in [0.3, 0.4) is 0 Å². The van der Waals surface area contributed by atoms with Gasteiger partial charge in [0, 0.05) is 6.54 Å². The minimum Gasteiger partial charge on any atom is -0.364 e. The first-order chi connectivity index (χ1) is 9.02. The van der Waals surface area contributed by atoms with Gasteiger partial charge in [0.05, 0.1) is 0 Å². The van der Waals surface area contributed by atoms with E-state index in [9.17, 15) is 4.79 Å². The van der Waals surface area contributed by atoms with Crippen LogP contribution in [0.15, 0.2) is 4.99 Å². The molecule has 1 fully saturated rings. The summed E-state index contributed by atoms with van der Waals surface area (Å²) in [4.78, 5) is 16.1. The van der Waals surface area contributed by atoms with Gasteiger partial charge in [0.25, 0.3) is 5.91 Å². The van der Waals surface area contributed by atoms with E-state index in [1.807, 2.05) is 6.92 Å². The van der Waals surface area contributed by atoms with Crippen molar-refractivity contribution in [3.05, 3.63) is 0 Å². The molecule has 4 heteroatoms. The topological polar surface area (TPSA) is 41.5 Å². The molecule has 108 valence electrons. The number of hydrogen-bond donors (Lipinski definition) is 1. The number of nitrogens with zero attached hydrogens (tertiary/aromatic N) is 1. The fraction of sp³-hybridized carbons (Fsp3) is 0.867. The number of aliphatic imine (C=N–C) groups is 1. The number of rotatable bonds is 4. The van der Waals surface area contributed by atoms with Gasteiger partial charge >= 0.3 is 0 Å². The second-order valence-corrected chi connectivity index (χ2v) is 7.74. The van der Waals surface area contributed by atoms with Crippen molar-refractivity contribution in [2.45, 2.75) is 64.0 Å². The van der Waals surface area contributed by atoms with Crippen molar-refractivity contribution in [1.29, 1.82) is 0 Å². The molecule has 0 spiro atoms. The molecule has 0 aromatic heterocycles. The smallest absolute Gasteiger partial charge is 0.264 e. The molecule has 1 amide bonds. The number of thioether (sulfide) groups is 1. The molecule has 1 heterocycles. The minimum atomic E-state index is -0.368. The van der Waals surface area contributed by atoms with Gasteiger partial charge in [-0.3, -0.25) is 4.79 Å². The van der Waals surface area contributed by atoms with Gasteiger partial charge in [0.2, 0.25) is 0 Å². The van der Waals surface area contributed by atoms with Gasteiger partial charge in [-0.1, -0.05) is 57.7 Å². The highest BCUT2D eigenvalue weighted by Crippen LogP contribution is 2.39. The van der Waals surface area contributed by atoms with E-state index in [0.717, 1.165) is 17.6 Å². The van der Waals surface area contributed by atoms with Crippen LogP contribution < -0.4 is 5.32 Å². The molecular weight excluding hydrogens is 256 g/mol. The van der Waals surface area contributed by atoms with E-state index >= 15 is 0 Å². The first-order valence-corrected chi connectivity index (χ1v) is 8.40. The van der Waals surface area contributed by atoms with Crippen molar-refractivity contribution in [1.82, 2.24) is 5.32 Å². The molecule has 0 aromatic carbocycles.